The molecule has 1 aliphatic carbocycles. The van der Waals surface area contributed by atoms with Gasteiger partial charge in [-0.25, -0.2) is 17.8 Å². The second-order valence-corrected chi connectivity index (χ2v) is 11.3. The molecule has 1 saturated carbocycles. The van der Waals surface area contributed by atoms with Crippen LogP contribution in [0.4, 0.5) is 17.6 Å². The first kappa shape index (κ1) is 26.1. The minimum Gasteiger partial charge on any atom is -0.347 e. The molecule has 0 radical (unpaired) electrons. The Bertz CT molecular complexity index is 1280. The third kappa shape index (κ3) is 5.37. The Kier molecular flexibility index (Phi) is 6.84. The average Bonchev–Trinajstić information content (AvgIpc) is 3.57. The van der Waals surface area contributed by atoms with Crippen molar-refractivity contribution in [2.24, 2.45) is 5.92 Å². The highest BCUT2D eigenvalue weighted by atomic mass is 32.2. The molecule has 2 fully saturated rings. The van der Waals surface area contributed by atoms with Gasteiger partial charge in [0.1, 0.15) is 11.9 Å². The molecule has 0 spiro atoms. The molecule has 2 aliphatic rings. The molecule has 4 rings (SSSR count). The van der Waals surface area contributed by atoms with Crippen LogP contribution < -0.4 is 5.32 Å². The topological polar surface area (TPSA) is 96.4 Å². The van der Waals surface area contributed by atoms with Crippen molar-refractivity contribution in [2.45, 2.75) is 61.9 Å². The second kappa shape index (κ2) is 9.45. The summed E-state index contributed by atoms with van der Waals surface area (Å²) >= 11 is 0. The van der Waals surface area contributed by atoms with Crippen molar-refractivity contribution in [1.29, 1.82) is 0 Å². The number of amides is 2. The molecule has 2 aromatic rings. The zero-order valence-corrected chi connectivity index (χ0v) is 20.4. The summed E-state index contributed by atoms with van der Waals surface area (Å²) in [4.78, 5) is 31.7. The van der Waals surface area contributed by atoms with E-state index >= 15 is 0 Å². The van der Waals surface area contributed by atoms with Crippen LogP contribution >= 0.6 is 0 Å². The second-order valence-electron chi connectivity index (χ2n) is 9.37. The Morgan fingerprint density at radius 3 is 2.33 bits per heavy atom. The molecule has 3 atom stereocenters. The number of rotatable bonds is 6. The normalized spacial score (nSPS) is 21.3. The van der Waals surface area contributed by atoms with Crippen LogP contribution in [0.1, 0.15) is 60.1 Å². The van der Waals surface area contributed by atoms with Crippen molar-refractivity contribution >= 4 is 21.7 Å². The molecule has 1 N–H and O–H groups in total. The standard InChI is InChI=1S/C24H25F4N3O4S/c1-13-3-9-19(31(13)23(33)15-6-10-20(29-12-15)36(2,34)35)22(32)30-21(14-4-5-14)17-8-7-16(11-18(17)25)24(26,27)28/h6-8,10-14,19,21H,3-5,9H2,1-2H3,(H,30,32)/t13-,19-,21-/m1/s1. The van der Waals surface area contributed by atoms with Gasteiger partial charge in [0, 0.05) is 24.1 Å². The maximum absolute atomic E-state index is 14.7. The number of carbonyl (C=O) groups excluding carboxylic acids is 2. The fraction of sp³-hybridized carbons (Fsp3) is 0.458. The van der Waals surface area contributed by atoms with Crippen LogP contribution in [0.15, 0.2) is 41.6 Å². The van der Waals surface area contributed by atoms with Gasteiger partial charge in [-0.15, -0.1) is 0 Å². The quantitative estimate of drug-likeness (QED) is 0.575. The highest BCUT2D eigenvalue weighted by Crippen LogP contribution is 2.43. The van der Waals surface area contributed by atoms with Gasteiger partial charge in [-0.3, -0.25) is 9.59 Å². The minimum absolute atomic E-state index is 0.0247. The lowest BCUT2D eigenvalue weighted by Gasteiger charge is -2.30. The van der Waals surface area contributed by atoms with Crippen molar-refractivity contribution in [1.82, 2.24) is 15.2 Å². The van der Waals surface area contributed by atoms with Crippen LogP contribution in [-0.4, -0.2) is 48.5 Å². The SMILES string of the molecule is C[C@@H]1CC[C@H](C(=O)N[C@@H](c2ccc(C(F)(F)F)cc2F)C2CC2)N1C(=O)c1ccc(S(C)(=O)=O)nc1. The summed E-state index contributed by atoms with van der Waals surface area (Å²) in [5, 5.41) is 2.59. The van der Waals surface area contributed by atoms with E-state index in [0.29, 0.717) is 31.7 Å². The van der Waals surface area contributed by atoms with Crippen molar-refractivity contribution < 1.29 is 35.6 Å². The van der Waals surface area contributed by atoms with Crippen LogP contribution in [-0.2, 0) is 20.8 Å². The van der Waals surface area contributed by atoms with Crippen molar-refractivity contribution in [3.63, 3.8) is 0 Å². The Morgan fingerprint density at radius 1 is 1.11 bits per heavy atom. The zero-order chi connectivity index (χ0) is 26.4. The number of aromatic nitrogens is 1. The molecule has 1 aromatic carbocycles. The smallest absolute Gasteiger partial charge is 0.347 e. The Hall–Kier alpha value is -3.02. The summed E-state index contributed by atoms with van der Waals surface area (Å²) < 4.78 is 76.8. The molecule has 36 heavy (non-hydrogen) atoms. The van der Waals surface area contributed by atoms with Crippen molar-refractivity contribution in [3.05, 3.63) is 59.0 Å². The maximum atomic E-state index is 14.7. The fourth-order valence-corrected chi connectivity index (χ4v) is 5.10. The molecule has 1 aromatic heterocycles. The molecule has 1 aliphatic heterocycles. The largest absolute Gasteiger partial charge is 0.416 e. The van der Waals surface area contributed by atoms with Crippen LogP contribution in [0, 0.1) is 11.7 Å². The van der Waals surface area contributed by atoms with Crippen molar-refractivity contribution in [2.75, 3.05) is 6.26 Å². The number of hydrogen-bond acceptors (Lipinski definition) is 5. The highest BCUT2D eigenvalue weighted by molar-refractivity contribution is 7.90. The number of carbonyl (C=O) groups is 2. The Labute approximate surface area is 205 Å². The first-order valence-electron chi connectivity index (χ1n) is 11.4. The number of nitrogens with one attached hydrogen (secondary N) is 1. The van der Waals surface area contributed by atoms with E-state index < -0.39 is 51.3 Å². The Morgan fingerprint density at radius 2 is 1.81 bits per heavy atom. The summed E-state index contributed by atoms with van der Waals surface area (Å²) in [7, 11) is -3.55. The third-order valence-corrected chi connectivity index (χ3v) is 7.62. The van der Waals surface area contributed by atoms with E-state index in [1.807, 2.05) is 0 Å². The molecule has 12 heteroatoms. The summed E-state index contributed by atoms with van der Waals surface area (Å²) in [6.07, 6.45) is -0.297. The number of likely N-dealkylation sites (tertiary alicyclic amines) is 1. The van der Waals surface area contributed by atoms with Gasteiger partial charge in [-0.2, -0.15) is 13.2 Å². The van der Waals surface area contributed by atoms with E-state index in [1.165, 1.54) is 17.0 Å². The van der Waals surface area contributed by atoms with E-state index in [0.717, 1.165) is 24.6 Å². The van der Waals surface area contributed by atoms with Crippen LogP contribution in [0.3, 0.4) is 0 Å². The third-order valence-electron chi connectivity index (χ3n) is 6.62. The molecule has 0 bridgehead atoms. The molecule has 0 unspecified atom stereocenters. The van der Waals surface area contributed by atoms with E-state index in [-0.39, 0.29) is 28.1 Å². The van der Waals surface area contributed by atoms with Gasteiger partial charge in [0.15, 0.2) is 14.9 Å². The summed E-state index contributed by atoms with van der Waals surface area (Å²) in [5.74, 6) is -2.19. The van der Waals surface area contributed by atoms with Gasteiger partial charge < -0.3 is 10.2 Å². The number of pyridine rings is 1. The fourth-order valence-electron chi connectivity index (χ4n) is 4.54. The van der Waals surface area contributed by atoms with Crippen LogP contribution in [0.25, 0.3) is 0 Å². The van der Waals surface area contributed by atoms with E-state index in [1.54, 1.807) is 6.92 Å². The van der Waals surface area contributed by atoms with Gasteiger partial charge in [-0.1, -0.05) is 6.07 Å². The lowest BCUT2D eigenvalue weighted by molar-refractivity contribution is -0.137. The first-order chi connectivity index (χ1) is 16.8. The summed E-state index contributed by atoms with van der Waals surface area (Å²) in [6.45, 7) is 1.78. The monoisotopic (exact) mass is 527 g/mol. The lowest BCUT2D eigenvalue weighted by Crippen LogP contribution is -2.49. The molecule has 194 valence electrons. The first-order valence-corrected chi connectivity index (χ1v) is 13.3. The molecule has 1 saturated heterocycles. The van der Waals surface area contributed by atoms with Gasteiger partial charge in [0.2, 0.25) is 5.91 Å². The lowest BCUT2D eigenvalue weighted by atomic mass is 9.99. The zero-order valence-electron chi connectivity index (χ0n) is 19.5. The van der Waals surface area contributed by atoms with E-state index in [4.69, 9.17) is 0 Å². The van der Waals surface area contributed by atoms with Crippen LogP contribution in [0.2, 0.25) is 0 Å². The number of sulfone groups is 1. The molecular formula is C24H25F4N3O4S. The van der Waals surface area contributed by atoms with Gasteiger partial charge in [0.25, 0.3) is 5.91 Å². The predicted octanol–water partition coefficient (Wildman–Crippen LogP) is 3.90. The van der Waals surface area contributed by atoms with Gasteiger partial charge in [-0.05, 0) is 62.8 Å². The number of nitrogens with zero attached hydrogens (tertiary/aromatic N) is 2. The Balaban J connectivity index is 1.55. The summed E-state index contributed by atoms with van der Waals surface area (Å²) in [6, 6.07) is 2.83. The average molecular weight is 528 g/mol. The van der Waals surface area contributed by atoms with E-state index in [9.17, 15) is 35.6 Å². The minimum atomic E-state index is -4.69. The predicted molar refractivity (Wildman–Crippen MR) is 121 cm³/mol. The van der Waals surface area contributed by atoms with Gasteiger partial charge in [0.05, 0.1) is 17.2 Å². The number of benzene rings is 1. The molecule has 2 heterocycles. The summed E-state index contributed by atoms with van der Waals surface area (Å²) in [5.41, 5.74) is -1.02. The number of alkyl halides is 3. The molecule has 7 nitrogen and oxygen atoms in total. The van der Waals surface area contributed by atoms with Gasteiger partial charge >= 0.3 is 6.18 Å². The van der Waals surface area contributed by atoms with E-state index in [2.05, 4.69) is 10.3 Å². The maximum Gasteiger partial charge on any atom is 0.416 e. The number of hydrogen-bond donors (Lipinski definition) is 1. The number of halogens is 4. The molecular weight excluding hydrogens is 502 g/mol. The highest BCUT2D eigenvalue weighted by Gasteiger charge is 2.42. The van der Waals surface area contributed by atoms with Crippen LogP contribution in [0.5, 0.6) is 0 Å². The van der Waals surface area contributed by atoms with Crippen molar-refractivity contribution in [3.8, 4) is 0 Å². The molecule has 2 amide bonds.